The molecular weight excluding hydrogens is 400 g/mol. The Morgan fingerprint density at radius 1 is 1.06 bits per heavy atom. The maximum atomic E-state index is 12.3. The number of carbonyl (C=O) groups is 1. The molecule has 0 bridgehead atoms. The highest BCUT2D eigenvalue weighted by Crippen LogP contribution is 2.33. The molecule has 0 aliphatic carbocycles. The Hall–Kier alpha value is -4.17. The minimum atomic E-state index is -0.495. The zero-order valence-electron chi connectivity index (χ0n) is 16.3. The zero-order valence-corrected chi connectivity index (χ0v) is 16.3. The molecule has 1 aliphatic rings. The SMILES string of the molecule is O=C(/C=C/c1cc([N+](=O)[O-])cc2c1OCOC2)Nc1ccc(Oc2ccccc2)cc1. The summed E-state index contributed by atoms with van der Waals surface area (Å²) in [5, 5.41) is 13.9. The number of benzene rings is 3. The second-order valence-corrected chi connectivity index (χ2v) is 6.65. The number of rotatable bonds is 6. The number of nitro benzene ring substituents is 1. The molecule has 3 aromatic carbocycles. The first-order valence-electron chi connectivity index (χ1n) is 9.42. The summed E-state index contributed by atoms with van der Waals surface area (Å²) in [6, 6.07) is 19.1. The van der Waals surface area contributed by atoms with Gasteiger partial charge in [-0.1, -0.05) is 18.2 Å². The van der Waals surface area contributed by atoms with E-state index in [-0.39, 0.29) is 25.0 Å². The molecule has 3 aromatic rings. The van der Waals surface area contributed by atoms with Crippen molar-refractivity contribution in [3.8, 4) is 17.2 Å². The van der Waals surface area contributed by atoms with Gasteiger partial charge in [0.15, 0.2) is 6.79 Å². The third kappa shape index (κ3) is 5.06. The molecule has 8 heteroatoms. The summed E-state index contributed by atoms with van der Waals surface area (Å²) < 4.78 is 16.4. The number of carbonyl (C=O) groups excluding carboxylic acids is 1. The van der Waals surface area contributed by atoms with E-state index in [0.717, 1.165) is 5.75 Å². The van der Waals surface area contributed by atoms with E-state index in [1.807, 2.05) is 30.3 Å². The van der Waals surface area contributed by atoms with Gasteiger partial charge >= 0.3 is 0 Å². The van der Waals surface area contributed by atoms with Crippen molar-refractivity contribution in [1.29, 1.82) is 0 Å². The summed E-state index contributed by atoms with van der Waals surface area (Å²) >= 11 is 0. The number of nitro groups is 1. The van der Waals surface area contributed by atoms with E-state index in [2.05, 4.69) is 5.32 Å². The minimum absolute atomic E-state index is 0.0508. The molecule has 31 heavy (non-hydrogen) atoms. The quantitative estimate of drug-likeness (QED) is 0.347. The highest BCUT2D eigenvalue weighted by molar-refractivity contribution is 6.02. The van der Waals surface area contributed by atoms with Gasteiger partial charge in [0.25, 0.3) is 5.69 Å². The van der Waals surface area contributed by atoms with Gasteiger partial charge in [0.1, 0.15) is 17.2 Å². The summed E-state index contributed by atoms with van der Waals surface area (Å²) in [5.41, 5.74) is 1.49. The molecule has 1 N–H and O–H groups in total. The van der Waals surface area contributed by atoms with E-state index in [1.54, 1.807) is 24.3 Å². The number of nitrogens with one attached hydrogen (secondary N) is 1. The summed E-state index contributed by atoms with van der Waals surface area (Å²) in [6.07, 6.45) is 2.78. The molecule has 1 heterocycles. The lowest BCUT2D eigenvalue weighted by Gasteiger charge is -2.19. The van der Waals surface area contributed by atoms with Crippen molar-refractivity contribution in [1.82, 2.24) is 0 Å². The fourth-order valence-electron chi connectivity index (χ4n) is 3.04. The van der Waals surface area contributed by atoms with E-state index in [0.29, 0.717) is 28.3 Å². The number of hydrogen-bond donors (Lipinski definition) is 1. The van der Waals surface area contributed by atoms with Crippen LogP contribution in [0.3, 0.4) is 0 Å². The highest BCUT2D eigenvalue weighted by Gasteiger charge is 2.19. The average molecular weight is 418 g/mol. The zero-order chi connectivity index (χ0) is 21.6. The van der Waals surface area contributed by atoms with Crippen LogP contribution in [-0.2, 0) is 16.1 Å². The van der Waals surface area contributed by atoms with Gasteiger partial charge in [-0.05, 0) is 42.5 Å². The van der Waals surface area contributed by atoms with Crippen molar-refractivity contribution in [3.05, 3.63) is 94.0 Å². The lowest BCUT2D eigenvalue weighted by Crippen LogP contribution is -2.13. The Morgan fingerprint density at radius 2 is 1.81 bits per heavy atom. The molecule has 0 spiro atoms. The topological polar surface area (TPSA) is 99.9 Å². The monoisotopic (exact) mass is 418 g/mol. The summed E-state index contributed by atoms with van der Waals surface area (Å²) in [4.78, 5) is 23.0. The Labute approximate surface area is 177 Å². The van der Waals surface area contributed by atoms with Crippen molar-refractivity contribution < 1.29 is 23.9 Å². The van der Waals surface area contributed by atoms with Crippen LogP contribution in [0.4, 0.5) is 11.4 Å². The lowest BCUT2D eigenvalue weighted by atomic mass is 10.1. The van der Waals surface area contributed by atoms with Crippen LogP contribution in [0, 0.1) is 10.1 Å². The predicted octanol–water partition coefficient (Wildman–Crippen LogP) is 4.91. The van der Waals surface area contributed by atoms with Crippen LogP contribution in [0.25, 0.3) is 6.08 Å². The standard InChI is InChI=1S/C23H18N2O6/c26-22(24-18-7-9-21(10-8-18)31-20-4-2-1-3-5-20)11-6-16-12-19(25(27)28)13-17-14-29-15-30-23(16)17/h1-13H,14-15H2,(H,24,26)/b11-6+. The van der Waals surface area contributed by atoms with E-state index >= 15 is 0 Å². The van der Waals surface area contributed by atoms with Crippen LogP contribution >= 0.6 is 0 Å². The molecule has 0 atom stereocenters. The Bertz CT molecular complexity index is 1130. The fourth-order valence-corrected chi connectivity index (χ4v) is 3.04. The van der Waals surface area contributed by atoms with E-state index in [1.165, 1.54) is 24.3 Å². The summed E-state index contributed by atoms with van der Waals surface area (Å²) in [7, 11) is 0. The Morgan fingerprint density at radius 3 is 2.55 bits per heavy atom. The second-order valence-electron chi connectivity index (χ2n) is 6.65. The van der Waals surface area contributed by atoms with Crippen molar-refractivity contribution in [2.45, 2.75) is 6.61 Å². The van der Waals surface area contributed by atoms with Crippen LogP contribution in [-0.4, -0.2) is 17.6 Å². The van der Waals surface area contributed by atoms with Crippen LogP contribution in [0.2, 0.25) is 0 Å². The van der Waals surface area contributed by atoms with Gasteiger partial charge in [-0.3, -0.25) is 14.9 Å². The Kier molecular flexibility index (Phi) is 5.91. The number of para-hydroxylation sites is 1. The minimum Gasteiger partial charge on any atom is -0.467 e. The van der Waals surface area contributed by atoms with Gasteiger partial charge in [-0.2, -0.15) is 0 Å². The highest BCUT2D eigenvalue weighted by atomic mass is 16.7. The molecule has 0 aromatic heterocycles. The number of nitrogens with zero attached hydrogens (tertiary/aromatic N) is 1. The van der Waals surface area contributed by atoms with Crippen LogP contribution < -0.4 is 14.8 Å². The fraction of sp³-hybridized carbons (Fsp3) is 0.0870. The van der Waals surface area contributed by atoms with Crippen molar-refractivity contribution in [2.24, 2.45) is 0 Å². The first kappa shape index (κ1) is 20.1. The predicted molar refractivity (Wildman–Crippen MR) is 114 cm³/mol. The molecule has 0 saturated carbocycles. The van der Waals surface area contributed by atoms with Crippen LogP contribution in [0.1, 0.15) is 11.1 Å². The van der Waals surface area contributed by atoms with Crippen molar-refractivity contribution >= 4 is 23.4 Å². The molecule has 0 unspecified atom stereocenters. The Balaban J connectivity index is 1.44. The molecule has 1 amide bonds. The van der Waals surface area contributed by atoms with E-state index in [4.69, 9.17) is 14.2 Å². The molecular formula is C23H18N2O6. The van der Waals surface area contributed by atoms with Crippen molar-refractivity contribution in [3.63, 3.8) is 0 Å². The van der Waals surface area contributed by atoms with E-state index < -0.39 is 4.92 Å². The maximum absolute atomic E-state index is 12.3. The number of non-ortho nitro benzene ring substituents is 1. The number of anilines is 1. The summed E-state index contributed by atoms with van der Waals surface area (Å²) in [5.74, 6) is 1.45. The van der Waals surface area contributed by atoms with Gasteiger partial charge in [0, 0.05) is 35.0 Å². The normalized spacial score (nSPS) is 12.6. The second kappa shape index (κ2) is 9.10. The molecule has 4 rings (SSSR count). The molecule has 156 valence electrons. The van der Waals surface area contributed by atoms with Gasteiger partial charge in [-0.15, -0.1) is 0 Å². The largest absolute Gasteiger partial charge is 0.467 e. The third-order valence-corrected chi connectivity index (χ3v) is 4.45. The molecule has 0 fully saturated rings. The summed E-state index contributed by atoms with van der Waals surface area (Å²) in [6.45, 7) is 0.261. The number of fused-ring (bicyclic) bond motifs is 1. The molecule has 1 aliphatic heterocycles. The lowest BCUT2D eigenvalue weighted by molar-refractivity contribution is -0.385. The molecule has 8 nitrogen and oxygen atoms in total. The van der Waals surface area contributed by atoms with E-state index in [9.17, 15) is 14.9 Å². The third-order valence-electron chi connectivity index (χ3n) is 4.45. The van der Waals surface area contributed by atoms with Crippen molar-refractivity contribution in [2.75, 3.05) is 12.1 Å². The smallest absolute Gasteiger partial charge is 0.270 e. The number of ether oxygens (including phenoxy) is 3. The van der Waals surface area contributed by atoms with Gasteiger partial charge in [0.05, 0.1) is 11.5 Å². The molecule has 0 saturated heterocycles. The van der Waals surface area contributed by atoms with Crippen LogP contribution in [0.5, 0.6) is 17.2 Å². The number of amides is 1. The molecule has 0 radical (unpaired) electrons. The van der Waals surface area contributed by atoms with Gasteiger partial charge in [0.2, 0.25) is 5.91 Å². The first-order valence-corrected chi connectivity index (χ1v) is 9.42. The maximum Gasteiger partial charge on any atom is 0.270 e. The van der Waals surface area contributed by atoms with Crippen LogP contribution in [0.15, 0.2) is 72.8 Å². The number of hydrogen-bond acceptors (Lipinski definition) is 6. The van der Waals surface area contributed by atoms with Gasteiger partial charge < -0.3 is 19.5 Å². The average Bonchev–Trinajstić information content (AvgIpc) is 2.79. The van der Waals surface area contributed by atoms with Gasteiger partial charge in [-0.25, -0.2) is 0 Å². The first-order chi connectivity index (χ1) is 15.1.